The lowest BCUT2D eigenvalue weighted by Gasteiger charge is -2.13. The molecular formula is C15H18N2O3. The summed E-state index contributed by atoms with van der Waals surface area (Å²) in [5.41, 5.74) is 1.52. The smallest absolute Gasteiger partial charge is 0.290 e. The topological polar surface area (TPSA) is 75.4 Å². The molecule has 0 fully saturated rings. The van der Waals surface area contributed by atoms with Crippen LogP contribution < -0.4 is 5.32 Å². The summed E-state index contributed by atoms with van der Waals surface area (Å²) in [7, 11) is 0. The van der Waals surface area contributed by atoms with Gasteiger partial charge in [0.25, 0.3) is 5.91 Å². The van der Waals surface area contributed by atoms with Crippen molar-refractivity contribution in [3.05, 3.63) is 42.2 Å². The van der Waals surface area contributed by atoms with Gasteiger partial charge in [-0.2, -0.15) is 0 Å². The van der Waals surface area contributed by atoms with Crippen molar-refractivity contribution in [2.75, 3.05) is 0 Å². The van der Waals surface area contributed by atoms with Crippen LogP contribution in [0.5, 0.6) is 0 Å². The Morgan fingerprint density at radius 1 is 1.35 bits per heavy atom. The summed E-state index contributed by atoms with van der Waals surface area (Å²) in [5.74, 6) is -0.158. The van der Waals surface area contributed by atoms with E-state index in [2.05, 4.69) is 10.5 Å². The molecule has 0 bridgehead atoms. The Bertz CT molecular complexity index is 564. The standard InChI is InChI=1S/C15H18N2O3/c1-10(8-11(2)18)16-15(19)14-9-13(17-20-14)12-6-4-3-5-7-12/h3-7,9-11,18H,8H2,1-2H3,(H,16,19). The van der Waals surface area contributed by atoms with E-state index in [0.717, 1.165) is 5.56 Å². The van der Waals surface area contributed by atoms with Crippen LogP contribution in [-0.4, -0.2) is 28.3 Å². The third kappa shape index (κ3) is 3.68. The van der Waals surface area contributed by atoms with Crippen LogP contribution in [0.2, 0.25) is 0 Å². The Kier molecular flexibility index (Phi) is 4.53. The molecule has 0 radical (unpaired) electrons. The van der Waals surface area contributed by atoms with E-state index in [0.29, 0.717) is 12.1 Å². The van der Waals surface area contributed by atoms with Crippen molar-refractivity contribution >= 4 is 5.91 Å². The minimum Gasteiger partial charge on any atom is -0.393 e. The molecule has 1 aromatic carbocycles. The summed E-state index contributed by atoms with van der Waals surface area (Å²) in [5, 5.41) is 15.9. The Labute approximate surface area is 117 Å². The van der Waals surface area contributed by atoms with Gasteiger partial charge in [0.15, 0.2) is 0 Å². The average Bonchev–Trinajstić information content (AvgIpc) is 2.88. The van der Waals surface area contributed by atoms with Crippen molar-refractivity contribution in [2.45, 2.75) is 32.4 Å². The maximum Gasteiger partial charge on any atom is 0.290 e. The predicted octanol–water partition coefficient (Wildman–Crippen LogP) is 2.23. The molecule has 0 aliphatic carbocycles. The maximum atomic E-state index is 12.0. The van der Waals surface area contributed by atoms with Crippen LogP contribution in [0.4, 0.5) is 0 Å². The van der Waals surface area contributed by atoms with Gasteiger partial charge in [-0.3, -0.25) is 4.79 Å². The number of carbonyl (C=O) groups excluding carboxylic acids is 1. The molecule has 1 heterocycles. The van der Waals surface area contributed by atoms with E-state index in [9.17, 15) is 9.90 Å². The molecule has 0 saturated carbocycles. The first-order chi connectivity index (χ1) is 9.56. The zero-order valence-electron chi connectivity index (χ0n) is 11.5. The van der Waals surface area contributed by atoms with Gasteiger partial charge in [-0.05, 0) is 20.3 Å². The summed E-state index contributed by atoms with van der Waals surface area (Å²) < 4.78 is 5.06. The Balaban J connectivity index is 2.04. The summed E-state index contributed by atoms with van der Waals surface area (Å²) in [6.45, 7) is 3.52. The highest BCUT2D eigenvalue weighted by Crippen LogP contribution is 2.18. The van der Waals surface area contributed by atoms with E-state index in [1.54, 1.807) is 13.0 Å². The fourth-order valence-electron chi connectivity index (χ4n) is 1.99. The minimum atomic E-state index is -0.458. The quantitative estimate of drug-likeness (QED) is 0.876. The number of amides is 1. The van der Waals surface area contributed by atoms with Gasteiger partial charge in [-0.15, -0.1) is 0 Å². The summed E-state index contributed by atoms with van der Waals surface area (Å²) >= 11 is 0. The van der Waals surface area contributed by atoms with Crippen molar-refractivity contribution in [1.29, 1.82) is 0 Å². The number of rotatable bonds is 5. The molecule has 5 nitrogen and oxygen atoms in total. The zero-order chi connectivity index (χ0) is 14.5. The second-order valence-electron chi connectivity index (χ2n) is 4.90. The molecule has 106 valence electrons. The molecule has 0 spiro atoms. The Morgan fingerprint density at radius 3 is 2.70 bits per heavy atom. The molecule has 5 heteroatoms. The lowest BCUT2D eigenvalue weighted by molar-refractivity contribution is 0.0886. The monoisotopic (exact) mass is 274 g/mol. The maximum absolute atomic E-state index is 12.0. The van der Waals surface area contributed by atoms with Crippen LogP contribution in [-0.2, 0) is 0 Å². The van der Waals surface area contributed by atoms with Gasteiger partial charge in [-0.1, -0.05) is 35.5 Å². The average molecular weight is 274 g/mol. The lowest BCUT2D eigenvalue weighted by Crippen LogP contribution is -2.34. The van der Waals surface area contributed by atoms with Crippen LogP contribution in [0.3, 0.4) is 0 Å². The number of aliphatic hydroxyl groups is 1. The third-order valence-electron chi connectivity index (χ3n) is 2.88. The Morgan fingerprint density at radius 2 is 2.05 bits per heavy atom. The van der Waals surface area contributed by atoms with E-state index in [1.807, 2.05) is 37.3 Å². The van der Waals surface area contributed by atoms with Gasteiger partial charge >= 0.3 is 0 Å². The summed E-state index contributed by atoms with van der Waals surface area (Å²) in [4.78, 5) is 12.0. The zero-order valence-corrected chi connectivity index (χ0v) is 11.5. The molecule has 20 heavy (non-hydrogen) atoms. The van der Waals surface area contributed by atoms with Crippen molar-refractivity contribution in [2.24, 2.45) is 0 Å². The Hall–Kier alpha value is -2.14. The van der Waals surface area contributed by atoms with Crippen molar-refractivity contribution in [3.63, 3.8) is 0 Å². The molecule has 2 unspecified atom stereocenters. The first kappa shape index (κ1) is 14.3. The van der Waals surface area contributed by atoms with Gasteiger partial charge in [0.1, 0.15) is 5.69 Å². The molecule has 2 aromatic rings. The molecule has 2 atom stereocenters. The number of aliphatic hydroxyl groups excluding tert-OH is 1. The van der Waals surface area contributed by atoms with E-state index < -0.39 is 6.10 Å². The molecule has 2 rings (SSSR count). The highest BCUT2D eigenvalue weighted by Gasteiger charge is 2.16. The van der Waals surface area contributed by atoms with Crippen LogP contribution in [0.1, 0.15) is 30.8 Å². The number of aromatic nitrogens is 1. The molecular weight excluding hydrogens is 256 g/mol. The van der Waals surface area contributed by atoms with Crippen molar-refractivity contribution < 1.29 is 14.4 Å². The molecule has 2 N–H and O–H groups in total. The highest BCUT2D eigenvalue weighted by molar-refractivity contribution is 5.92. The number of benzene rings is 1. The van der Waals surface area contributed by atoms with Gasteiger partial charge in [0, 0.05) is 17.7 Å². The second kappa shape index (κ2) is 6.34. The molecule has 0 aliphatic rings. The third-order valence-corrected chi connectivity index (χ3v) is 2.88. The van der Waals surface area contributed by atoms with Gasteiger partial charge in [-0.25, -0.2) is 0 Å². The predicted molar refractivity (Wildman–Crippen MR) is 75.2 cm³/mol. The first-order valence-electron chi connectivity index (χ1n) is 6.57. The summed E-state index contributed by atoms with van der Waals surface area (Å²) in [6, 6.07) is 11.0. The summed E-state index contributed by atoms with van der Waals surface area (Å²) in [6.07, 6.45) is 0.0331. The van der Waals surface area contributed by atoms with Crippen molar-refractivity contribution in [3.8, 4) is 11.3 Å². The minimum absolute atomic E-state index is 0.132. The second-order valence-corrected chi connectivity index (χ2v) is 4.90. The fourth-order valence-corrected chi connectivity index (χ4v) is 1.99. The molecule has 0 aliphatic heterocycles. The largest absolute Gasteiger partial charge is 0.393 e. The van der Waals surface area contributed by atoms with E-state index in [1.165, 1.54) is 0 Å². The van der Waals surface area contributed by atoms with Crippen LogP contribution >= 0.6 is 0 Å². The van der Waals surface area contributed by atoms with Crippen LogP contribution in [0, 0.1) is 0 Å². The van der Waals surface area contributed by atoms with Crippen LogP contribution in [0.25, 0.3) is 11.3 Å². The number of hydrogen-bond donors (Lipinski definition) is 2. The van der Waals surface area contributed by atoms with E-state index in [-0.39, 0.29) is 17.7 Å². The van der Waals surface area contributed by atoms with Gasteiger partial charge < -0.3 is 14.9 Å². The normalized spacial score (nSPS) is 13.8. The van der Waals surface area contributed by atoms with E-state index in [4.69, 9.17) is 4.52 Å². The number of nitrogens with one attached hydrogen (secondary N) is 1. The highest BCUT2D eigenvalue weighted by atomic mass is 16.5. The molecule has 0 saturated heterocycles. The van der Waals surface area contributed by atoms with Crippen molar-refractivity contribution in [1.82, 2.24) is 10.5 Å². The van der Waals surface area contributed by atoms with Gasteiger partial charge in [0.05, 0.1) is 6.10 Å². The first-order valence-corrected chi connectivity index (χ1v) is 6.57. The molecule has 1 aromatic heterocycles. The fraction of sp³-hybridized carbons (Fsp3) is 0.333. The van der Waals surface area contributed by atoms with Crippen LogP contribution in [0.15, 0.2) is 40.9 Å². The number of hydrogen-bond acceptors (Lipinski definition) is 4. The number of carbonyl (C=O) groups is 1. The van der Waals surface area contributed by atoms with Gasteiger partial charge in [0.2, 0.25) is 5.76 Å². The SMILES string of the molecule is CC(O)CC(C)NC(=O)c1cc(-c2ccccc2)no1. The lowest BCUT2D eigenvalue weighted by atomic mass is 10.1. The van der Waals surface area contributed by atoms with E-state index >= 15 is 0 Å². The molecule has 1 amide bonds. The number of nitrogens with zero attached hydrogens (tertiary/aromatic N) is 1.